The number of benzene rings is 2. The molecule has 0 saturated carbocycles. The maximum atomic E-state index is 12.1. The summed E-state index contributed by atoms with van der Waals surface area (Å²) >= 11 is 0. The molecular formula is C21H18N2O2. The molecule has 0 unspecified atom stereocenters. The van der Waals surface area contributed by atoms with E-state index < -0.39 is 0 Å². The van der Waals surface area contributed by atoms with Crippen LogP contribution in [0.25, 0.3) is 11.1 Å². The minimum absolute atomic E-state index is 0.102. The van der Waals surface area contributed by atoms with Gasteiger partial charge in [0.25, 0.3) is 5.56 Å². The molecule has 3 rings (SSSR count). The van der Waals surface area contributed by atoms with Crippen molar-refractivity contribution in [1.29, 1.82) is 5.26 Å². The molecule has 25 heavy (non-hydrogen) atoms. The van der Waals surface area contributed by atoms with Gasteiger partial charge < -0.3 is 9.72 Å². The number of H-pyrrole nitrogens is 1. The number of aromatic nitrogens is 1. The molecule has 0 fully saturated rings. The summed E-state index contributed by atoms with van der Waals surface area (Å²) in [4.78, 5) is 14.7. The molecule has 0 atom stereocenters. The molecule has 0 bridgehead atoms. The molecular weight excluding hydrogens is 312 g/mol. The number of ether oxygens (including phenoxy) is 1. The van der Waals surface area contributed by atoms with Gasteiger partial charge in [-0.1, -0.05) is 48.5 Å². The zero-order valence-electron chi connectivity index (χ0n) is 14.0. The van der Waals surface area contributed by atoms with Crippen molar-refractivity contribution >= 4 is 0 Å². The Labute approximate surface area is 146 Å². The topological polar surface area (TPSA) is 65.9 Å². The van der Waals surface area contributed by atoms with E-state index in [1.807, 2.05) is 48.5 Å². The summed E-state index contributed by atoms with van der Waals surface area (Å²) < 4.78 is 5.95. The van der Waals surface area contributed by atoms with E-state index >= 15 is 0 Å². The average molecular weight is 330 g/mol. The average Bonchev–Trinajstić information content (AvgIpc) is 2.62. The van der Waals surface area contributed by atoms with Crippen LogP contribution in [0.4, 0.5) is 0 Å². The van der Waals surface area contributed by atoms with Crippen molar-refractivity contribution in [3.63, 3.8) is 0 Å². The molecule has 4 nitrogen and oxygen atoms in total. The van der Waals surface area contributed by atoms with E-state index in [2.05, 4.69) is 17.1 Å². The normalized spacial score (nSPS) is 10.2. The molecule has 0 saturated heterocycles. The number of rotatable bonds is 5. The van der Waals surface area contributed by atoms with Gasteiger partial charge in [0.2, 0.25) is 0 Å². The zero-order valence-corrected chi connectivity index (χ0v) is 14.0. The highest BCUT2D eigenvalue weighted by Gasteiger charge is 2.14. The van der Waals surface area contributed by atoms with E-state index in [4.69, 9.17) is 4.74 Å². The second kappa shape index (κ2) is 7.50. The van der Waals surface area contributed by atoms with Crippen molar-refractivity contribution in [2.24, 2.45) is 0 Å². The molecule has 1 N–H and O–H groups in total. The van der Waals surface area contributed by atoms with Gasteiger partial charge in [0, 0.05) is 23.2 Å². The number of pyridine rings is 1. The van der Waals surface area contributed by atoms with Gasteiger partial charge in [-0.15, -0.1) is 0 Å². The summed E-state index contributed by atoms with van der Waals surface area (Å²) in [5.74, 6) is 0.667. The Morgan fingerprint density at radius 2 is 1.76 bits per heavy atom. The van der Waals surface area contributed by atoms with Gasteiger partial charge >= 0.3 is 0 Å². The minimum Gasteiger partial charge on any atom is -0.493 e. The molecule has 4 heteroatoms. The van der Waals surface area contributed by atoms with E-state index in [0.717, 1.165) is 12.0 Å². The number of aromatic amines is 1. The molecule has 1 aromatic heterocycles. The van der Waals surface area contributed by atoms with Gasteiger partial charge in [-0.2, -0.15) is 5.26 Å². The third kappa shape index (κ3) is 3.78. The van der Waals surface area contributed by atoms with Crippen molar-refractivity contribution in [2.45, 2.75) is 13.3 Å². The fourth-order valence-corrected chi connectivity index (χ4v) is 2.75. The SMILES string of the molecule is Cc1cc(-c2ccccc2OCCc2ccccc2)c(C#N)c(=O)[nH]1. The van der Waals surface area contributed by atoms with E-state index in [1.165, 1.54) is 5.56 Å². The number of para-hydroxylation sites is 1. The van der Waals surface area contributed by atoms with Crippen molar-refractivity contribution in [3.05, 3.63) is 87.8 Å². The van der Waals surface area contributed by atoms with Crippen LogP contribution in [-0.4, -0.2) is 11.6 Å². The van der Waals surface area contributed by atoms with Crippen LogP contribution in [0.1, 0.15) is 16.8 Å². The highest BCUT2D eigenvalue weighted by Crippen LogP contribution is 2.31. The Balaban J connectivity index is 1.90. The number of nitriles is 1. The van der Waals surface area contributed by atoms with E-state index in [1.54, 1.807) is 13.0 Å². The molecule has 1 heterocycles. The molecule has 0 spiro atoms. The van der Waals surface area contributed by atoms with Crippen LogP contribution in [0.2, 0.25) is 0 Å². The van der Waals surface area contributed by atoms with Crippen molar-refractivity contribution in [1.82, 2.24) is 4.98 Å². The Morgan fingerprint density at radius 3 is 2.52 bits per heavy atom. The number of aryl methyl sites for hydroxylation is 1. The lowest BCUT2D eigenvalue weighted by molar-refractivity contribution is 0.323. The fourth-order valence-electron chi connectivity index (χ4n) is 2.75. The van der Waals surface area contributed by atoms with Gasteiger partial charge in [-0.25, -0.2) is 0 Å². The van der Waals surface area contributed by atoms with Gasteiger partial charge in [0.1, 0.15) is 17.4 Å². The third-order valence-corrected chi connectivity index (χ3v) is 3.95. The van der Waals surface area contributed by atoms with Crippen LogP contribution < -0.4 is 10.3 Å². The molecule has 0 aliphatic carbocycles. The Bertz CT molecular complexity index is 969. The first-order valence-corrected chi connectivity index (χ1v) is 8.09. The van der Waals surface area contributed by atoms with Crippen LogP contribution in [0.3, 0.4) is 0 Å². The maximum absolute atomic E-state index is 12.1. The second-order valence-corrected chi connectivity index (χ2v) is 5.76. The summed E-state index contributed by atoms with van der Waals surface area (Å²) in [6, 6.07) is 21.4. The highest BCUT2D eigenvalue weighted by atomic mass is 16.5. The summed E-state index contributed by atoms with van der Waals surface area (Å²) in [5.41, 5.74) is 2.98. The Morgan fingerprint density at radius 1 is 1.04 bits per heavy atom. The van der Waals surface area contributed by atoms with Crippen LogP contribution in [-0.2, 0) is 6.42 Å². The minimum atomic E-state index is -0.378. The van der Waals surface area contributed by atoms with E-state index in [-0.39, 0.29) is 11.1 Å². The van der Waals surface area contributed by atoms with Crippen LogP contribution >= 0.6 is 0 Å². The van der Waals surface area contributed by atoms with Gasteiger partial charge in [-0.3, -0.25) is 4.79 Å². The smallest absolute Gasteiger partial charge is 0.266 e. The predicted octanol–water partition coefficient (Wildman–Crippen LogP) is 3.84. The van der Waals surface area contributed by atoms with Crippen LogP contribution in [0.15, 0.2) is 65.5 Å². The first-order chi connectivity index (χ1) is 12.2. The summed E-state index contributed by atoms with van der Waals surface area (Å²) in [6.45, 7) is 2.32. The lowest BCUT2D eigenvalue weighted by Crippen LogP contribution is -2.13. The predicted molar refractivity (Wildman–Crippen MR) is 97.6 cm³/mol. The summed E-state index contributed by atoms with van der Waals surface area (Å²) in [5, 5.41) is 9.36. The second-order valence-electron chi connectivity index (χ2n) is 5.76. The van der Waals surface area contributed by atoms with Crippen LogP contribution in [0.5, 0.6) is 5.75 Å². The number of nitrogens with zero attached hydrogens (tertiary/aromatic N) is 1. The van der Waals surface area contributed by atoms with Crippen molar-refractivity contribution < 1.29 is 4.74 Å². The maximum Gasteiger partial charge on any atom is 0.266 e. The van der Waals surface area contributed by atoms with Gasteiger partial charge in [0.15, 0.2) is 0 Å². The number of nitrogens with one attached hydrogen (secondary N) is 1. The largest absolute Gasteiger partial charge is 0.493 e. The zero-order chi connectivity index (χ0) is 17.6. The van der Waals surface area contributed by atoms with E-state index in [0.29, 0.717) is 23.6 Å². The molecule has 124 valence electrons. The number of hydrogen-bond acceptors (Lipinski definition) is 3. The van der Waals surface area contributed by atoms with Crippen molar-refractivity contribution in [2.75, 3.05) is 6.61 Å². The van der Waals surface area contributed by atoms with Crippen LogP contribution in [0, 0.1) is 18.3 Å². The summed E-state index contributed by atoms with van der Waals surface area (Å²) in [6.07, 6.45) is 0.786. The fraction of sp³-hybridized carbons (Fsp3) is 0.143. The lowest BCUT2D eigenvalue weighted by atomic mass is 10.00. The molecule has 0 amide bonds. The molecule has 0 aliphatic heterocycles. The molecule has 0 aliphatic rings. The molecule has 2 aromatic carbocycles. The monoisotopic (exact) mass is 330 g/mol. The van der Waals surface area contributed by atoms with Gasteiger partial charge in [-0.05, 0) is 24.6 Å². The van der Waals surface area contributed by atoms with E-state index in [9.17, 15) is 10.1 Å². The lowest BCUT2D eigenvalue weighted by Gasteiger charge is -2.13. The quantitative estimate of drug-likeness (QED) is 0.773. The Hall–Kier alpha value is -3.32. The Kier molecular flexibility index (Phi) is 4.96. The first-order valence-electron chi connectivity index (χ1n) is 8.09. The molecule has 3 aromatic rings. The standard InChI is InChI=1S/C21H18N2O2/c1-15-13-18(19(14-22)21(24)23-15)17-9-5-6-10-20(17)25-12-11-16-7-3-2-4-8-16/h2-10,13H,11-12H2,1H3,(H,23,24). The molecule has 0 radical (unpaired) electrons. The van der Waals surface area contributed by atoms with Crippen molar-refractivity contribution in [3.8, 4) is 22.9 Å². The first kappa shape index (κ1) is 16.5. The van der Waals surface area contributed by atoms with Gasteiger partial charge in [0.05, 0.1) is 6.61 Å². The summed E-state index contributed by atoms with van der Waals surface area (Å²) in [7, 11) is 0. The number of hydrogen-bond donors (Lipinski definition) is 1. The third-order valence-electron chi connectivity index (χ3n) is 3.95. The highest BCUT2D eigenvalue weighted by molar-refractivity contribution is 5.75.